The number of aromatic nitrogens is 2. The van der Waals surface area contributed by atoms with E-state index in [0.717, 1.165) is 18.7 Å². The van der Waals surface area contributed by atoms with Gasteiger partial charge in [0.15, 0.2) is 0 Å². The van der Waals surface area contributed by atoms with Crippen molar-refractivity contribution in [2.24, 2.45) is 5.73 Å². The van der Waals surface area contributed by atoms with Crippen LogP contribution in [-0.4, -0.2) is 22.6 Å². The Morgan fingerprint density at radius 3 is 2.71 bits per heavy atom. The summed E-state index contributed by atoms with van der Waals surface area (Å²) in [5.41, 5.74) is 4.45. The summed E-state index contributed by atoms with van der Waals surface area (Å²) in [4.78, 5) is 7.19. The molecule has 0 radical (unpaired) electrons. The number of rotatable bonds is 5. The van der Waals surface area contributed by atoms with E-state index in [2.05, 4.69) is 15.3 Å². The Labute approximate surface area is 97.4 Å². The van der Waals surface area contributed by atoms with Gasteiger partial charge >= 0.3 is 6.18 Å². The molecule has 0 spiro atoms. The standard InChI is InChI=1S/C10H15F3N4/c1-2-7(3-5-14)16-9-15-6-4-8(17-9)10(11,12)13/h4,6-7H,2-3,5,14H2,1H3,(H,15,16,17). The monoisotopic (exact) mass is 248 g/mol. The van der Waals surface area contributed by atoms with Gasteiger partial charge in [0.05, 0.1) is 0 Å². The molecule has 0 aromatic carbocycles. The van der Waals surface area contributed by atoms with E-state index in [9.17, 15) is 13.2 Å². The lowest BCUT2D eigenvalue weighted by Gasteiger charge is -2.16. The zero-order valence-electron chi connectivity index (χ0n) is 9.46. The molecule has 0 fully saturated rings. The Hall–Kier alpha value is -1.37. The smallest absolute Gasteiger partial charge is 0.351 e. The van der Waals surface area contributed by atoms with Crippen LogP contribution in [-0.2, 0) is 6.18 Å². The van der Waals surface area contributed by atoms with E-state index in [1.165, 1.54) is 0 Å². The highest BCUT2D eigenvalue weighted by atomic mass is 19.4. The number of hydrogen-bond acceptors (Lipinski definition) is 4. The van der Waals surface area contributed by atoms with Crippen molar-refractivity contribution in [1.29, 1.82) is 0 Å². The normalized spacial score (nSPS) is 13.5. The minimum absolute atomic E-state index is 0.0107. The van der Waals surface area contributed by atoms with E-state index in [4.69, 9.17) is 5.73 Å². The van der Waals surface area contributed by atoms with Crippen LogP contribution < -0.4 is 11.1 Å². The summed E-state index contributed by atoms with van der Waals surface area (Å²) in [5.74, 6) is -0.0138. The molecule has 0 aliphatic heterocycles. The molecular weight excluding hydrogens is 233 g/mol. The van der Waals surface area contributed by atoms with Gasteiger partial charge in [-0.3, -0.25) is 0 Å². The van der Waals surface area contributed by atoms with Crippen LogP contribution in [0.4, 0.5) is 19.1 Å². The van der Waals surface area contributed by atoms with Gasteiger partial charge in [0.1, 0.15) is 5.69 Å². The maximum absolute atomic E-state index is 12.4. The number of hydrogen-bond donors (Lipinski definition) is 2. The zero-order chi connectivity index (χ0) is 12.9. The minimum atomic E-state index is -4.45. The van der Waals surface area contributed by atoms with E-state index in [1.807, 2.05) is 6.92 Å². The number of nitrogens with one attached hydrogen (secondary N) is 1. The highest BCUT2D eigenvalue weighted by molar-refractivity contribution is 5.27. The molecule has 0 amide bonds. The highest BCUT2D eigenvalue weighted by Gasteiger charge is 2.32. The van der Waals surface area contributed by atoms with Crippen molar-refractivity contribution >= 4 is 5.95 Å². The topological polar surface area (TPSA) is 63.8 Å². The van der Waals surface area contributed by atoms with Gasteiger partial charge in [-0.2, -0.15) is 13.2 Å². The molecule has 0 aliphatic rings. The zero-order valence-corrected chi connectivity index (χ0v) is 9.46. The average molecular weight is 248 g/mol. The van der Waals surface area contributed by atoms with Crippen molar-refractivity contribution in [3.8, 4) is 0 Å². The van der Waals surface area contributed by atoms with E-state index in [-0.39, 0.29) is 12.0 Å². The summed E-state index contributed by atoms with van der Waals surface area (Å²) >= 11 is 0. The van der Waals surface area contributed by atoms with Gasteiger partial charge in [-0.25, -0.2) is 9.97 Å². The van der Waals surface area contributed by atoms with Crippen LogP contribution in [0.25, 0.3) is 0 Å². The molecule has 0 saturated carbocycles. The Bertz CT molecular complexity index is 354. The molecule has 4 nitrogen and oxygen atoms in total. The van der Waals surface area contributed by atoms with E-state index in [0.29, 0.717) is 13.0 Å². The van der Waals surface area contributed by atoms with Gasteiger partial charge in [-0.05, 0) is 25.5 Å². The fraction of sp³-hybridized carbons (Fsp3) is 0.600. The summed E-state index contributed by atoms with van der Waals surface area (Å²) < 4.78 is 37.2. The van der Waals surface area contributed by atoms with Crippen LogP contribution in [0.1, 0.15) is 25.5 Å². The van der Waals surface area contributed by atoms with Gasteiger partial charge in [-0.15, -0.1) is 0 Å². The lowest BCUT2D eigenvalue weighted by molar-refractivity contribution is -0.141. The first kappa shape index (κ1) is 13.7. The second-order valence-electron chi connectivity index (χ2n) is 3.59. The summed E-state index contributed by atoms with van der Waals surface area (Å²) in [6, 6.07) is 0.832. The molecule has 0 aliphatic carbocycles. The molecule has 3 N–H and O–H groups in total. The highest BCUT2D eigenvalue weighted by Crippen LogP contribution is 2.27. The fourth-order valence-corrected chi connectivity index (χ4v) is 1.35. The minimum Gasteiger partial charge on any atom is -0.351 e. The maximum Gasteiger partial charge on any atom is 0.433 e. The first-order valence-electron chi connectivity index (χ1n) is 5.34. The van der Waals surface area contributed by atoms with E-state index in [1.54, 1.807) is 0 Å². The summed E-state index contributed by atoms with van der Waals surface area (Å²) in [6.07, 6.45) is -1.95. The Morgan fingerprint density at radius 2 is 2.18 bits per heavy atom. The second kappa shape index (κ2) is 5.81. The summed E-state index contributed by atoms with van der Waals surface area (Å²) in [6.45, 7) is 2.38. The van der Waals surface area contributed by atoms with Crippen molar-refractivity contribution in [1.82, 2.24) is 9.97 Å². The number of nitrogens with two attached hydrogens (primary N) is 1. The summed E-state index contributed by atoms with van der Waals surface area (Å²) in [5, 5.41) is 2.84. The van der Waals surface area contributed by atoms with Crippen molar-refractivity contribution < 1.29 is 13.2 Å². The van der Waals surface area contributed by atoms with Crippen molar-refractivity contribution in [3.05, 3.63) is 18.0 Å². The average Bonchev–Trinajstić information content (AvgIpc) is 2.28. The first-order chi connectivity index (χ1) is 7.97. The Kier molecular flexibility index (Phi) is 4.68. The van der Waals surface area contributed by atoms with Crippen molar-refractivity contribution in [3.63, 3.8) is 0 Å². The lowest BCUT2D eigenvalue weighted by Crippen LogP contribution is -2.24. The molecule has 7 heteroatoms. The van der Waals surface area contributed by atoms with Crippen LogP contribution in [0.2, 0.25) is 0 Å². The Morgan fingerprint density at radius 1 is 1.47 bits per heavy atom. The van der Waals surface area contributed by atoms with Crippen LogP contribution >= 0.6 is 0 Å². The van der Waals surface area contributed by atoms with Crippen LogP contribution in [0.5, 0.6) is 0 Å². The molecule has 1 rings (SSSR count). The number of nitrogens with zero attached hydrogens (tertiary/aromatic N) is 2. The SMILES string of the molecule is CCC(CCN)Nc1nccc(C(F)(F)F)n1. The molecule has 1 unspecified atom stereocenters. The van der Waals surface area contributed by atoms with Crippen LogP contribution in [0.15, 0.2) is 12.3 Å². The molecule has 0 saturated heterocycles. The molecule has 1 atom stereocenters. The number of alkyl halides is 3. The molecule has 1 aromatic heterocycles. The molecule has 1 heterocycles. The fourth-order valence-electron chi connectivity index (χ4n) is 1.35. The van der Waals surface area contributed by atoms with Crippen LogP contribution in [0, 0.1) is 0 Å². The third kappa shape index (κ3) is 4.18. The van der Waals surface area contributed by atoms with Gasteiger partial charge in [0.2, 0.25) is 5.95 Å². The number of anilines is 1. The Balaban J connectivity index is 2.78. The molecule has 1 aromatic rings. The van der Waals surface area contributed by atoms with Gasteiger partial charge in [0, 0.05) is 12.2 Å². The molecule has 0 bridgehead atoms. The van der Waals surface area contributed by atoms with Crippen LogP contribution in [0.3, 0.4) is 0 Å². The van der Waals surface area contributed by atoms with Gasteiger partial charge < -0.3 is 11.1 Å². The van der Waals surface area contributed by atoms with Crippen molar-refractivity contribution in [2.75, 3.05) is 11.9 Å². The quantitative estimate of drug-likeness (QED) is 0.837. The third-order valence-corrected chi connectivity index (χ3v) is 2.29. The second-order valence-corrected chi connectivity index (χ2v) is 3.59. The lowest BCUT2D eigenvalue weighted by atomic mass is 10.1. The number of halogens is 3. The largest absolute Gasteiger partial charge is 0.433 e. The van der Waals surface area contributed by atoms with Gasteiger partial charge in [0.25, 0.3) is 0 Å². The van der Waals surface area contributed by atoms with Crippen molar-refractivity contribution in [2.45, 2.75) is 32.0 Å². The van der Waals surface area contributed by atoms with Gasteiger partial charge in [-0.1, -0.05) is 6.92 Å². The van der Waals surface area contributed by atoms with E-state index >= 15 is 0 Å². The predicted molar refractivity (Wildman–Crippen MR) is 58.4 cm³/mol. The first-order valence-corrected chi connectivity index (χ1v) is 5.34. The molecule has 96 valence electrons. The predicted octanol–water partition coefficient (Wildman–Crippen LogP) is 2.03. The summed E-state index contributed by atoms with van der Waals surface area (Å²) in [7, 11) is 0. The van der Waals surface area contributed by atoms with E-state index < -0.39 is 11.9 Å². The maximum atomic E-state index is 12.4. The molecular formula is C10H15F3N4. The molecule has 17 heavy (non-hydrogen) atoms. The third-order valence-electron chi connectivity index (χ3n) is 2.29.